The van der Waals surface area contributed by atoms with E-state index in [0.717, 1.165) is 24.8 Å². The van der Waals surface area contributed by atoms with Crippen LogP contribution < -0.4 is 59.3 Å². The van der Waals surface area contributed by atoms with Gasteiger partial charge in [0, 0.05) is 44.8 Å². The van der Waals surface area contributed by atoms with Crippen LogP contribution in [0, 0.1) is 11.8 Å². The third-order valence-electron chi connectivity index (χ3n) is 8.72. The van der Waals surface area contributed by atoms with Crippen LogP contribution in [0.5, 0.6) is 5.75 Å². The van der Waals surface area contributed by atoms with Crippen LogP contribution in [0.4, 0.5) is 24.0 Å². The van der Waals surface area contributed by atoms with Gasteiger partial charge in [-0.1, -0.05) is 69.7 Å². The number of benzene rings is 2. The van der Waals surface area contributed by atoms with E-state index < -0.39 is 42.2 Å². The first-order valence-corrected chi connectivity index (χ1v) is 19.0. The summed E-state index contributed by atoms with van der Waals surface area (Å²) in [6.45, 7) is 9.21. The van der Waals surface area contributed by atoms with Gasteiger partial charge < -0.3 is 64.4 Å². The number of rotatable bonds is 23. The second-order valence-electron chi connectivity index (χ2n) is 14.3. The maximum absolute atomic E-state index is 12.8. The minimum absolute atomic E-state index is 0.0390. The van der Waals surface area contributed by atoms with E-state index in [0.29, 0.717) is 25.9 Å². The van der Waals surface area contributed by atoms with Gasteiger partial charge in [-0.2, -0.15) is 0 Å². The van der Waals surface area contributed by atoms with Crippen molar-refractivity contribution in [2.45, 2.75) is 84.0 Å². The van der Waals surface area contributed by atoms with E-state index in [4.69, 9.17) is 11.5 Å². The molecule has 0 radical (unpaired) electrons. The fourth-order valence-corrected chi connectivity index (χ4v) is 5.57. The molecule has 55 heavy (non-hydrogen) atoms. The summed E-state index contributed by atoms with van der Waals surface area (Å²) in [5.41, 5.74) is 12.9. The summed E-state index contributed by atoms with van der Waals surface area (Å²) in [5, 5.41) is 34.7. The molecule has 0 bridgehead atoms. The Bertz CT molecular complexity index is 1450. The van der Waals surface area contributed by atoms with Gasteiger partial charge >= 0.3 is 30.2 Å². The number of hydrogen-bond donors (Lipinski definition) is 12. The molecule has 0 fully saturated rings. The third kappa shape index (κ3) is 21.1. The van der Waals surface area contributed by atoms with Gasteiger partial charge in [0.05, 0.1) is 12.1 Å². The van der Waals surface area contributed by atoms with Crippen molar-refractivity contribution in [3.63, 3.8) is 0 Å². The second kappa shape index (κ2) is 25.5. The molecule has 0 unspecified atom stereocenters. The smallest absolute Gasteiger partial charge is 0.315 e. The van der Waals surface area contributed by atoms with Crippen LogP contribution in [0.3, 0.4) is 0 Å². The Morgan fingerprint density at radius 1 is 0.600 bits per heavy atom. The molecule has 2 aromatic carbocycles. The molecule has 0 aliphatic carbocycles. The molecule has 0 aliphatic rings. The van der Waals surface area contributed by atoms with Crippen molar-refractivity contribution in [2.75, 3.05) is 39.3 Å². The quantitative estimate of drug-likeness (QED) is 0.0747. The lowest BCUT2D eigenvalue weighted by Crippen LogP contribution is -2.55. The molecule has 0 saturated carbocycles. The van der Waals surface area contributed by atoms with Crippen LogP contribution in [-0.4, -0.2) is 98.7 Å². The number of aromatic hydroxyl groups is 1. The van der Waals surface area contributed by atoms with E-state index >= 15 is 0 Å². The molecule has 0 spiro atoms. The van der Waals surface area contributed by atoms with E-state index in [1.165, 1.54) is 17.7 Å². The van der Waals surface area contributed by atoms with Gasteiger partial charge in [0.15, 0.2) is 0 Å². The molecule has 0 heterocycles. The summed E-state index contributed by atoms with van der Waals surface area (Å²) in [6.07, 6.45) is 3.44. The Kier molecular flexibility index (Phi) is 21.2. The molecular formula is C38H63N11O6. The van der Waals surface area contributed by atoms with Gasteiger partial charge in [-0.25, -0.2) is 24.0 Å². The fraction of sp³-hybridized carbons (Fsp3) is 0.553. The second-order valence-corrected chi connectivity index (χ2v) is 14.3. The summed E-state index contributed by atoms with van der Waals surface area (Å²) >= 11 is 0. The first kappa shape index (κ1) is 45.7. The fourth-order valence-electron chi connectivity index (χ4n) is 5.57. The van der Waals surface area contributed by atoms with Gasteiger partial charge in [0.25, 0.3) is 0 Å². The standard InChI is InChI=1S/C38H63N11O6/c1-25(2)33(24-45-37(54)48-31(23-41-34(40)51)19-29-13-15-32(50)16-14-29)49-38(55)43-21-27(4)46-35(52)44-22-30(12-8-9-17-39)47-36(53)42-20-26(3)18-28-10-6-5-7-11-28/h5-7,10-11,13-16,25-27,30-31,33,50H,8-9,12,17-24,39H2,1-4H3,(H3,40,41,51)(H2,42,47,53)(H2,43,49,55)(H2,44,46,52)(H2,45,48,54)/t26-,27-,30-,31-,33+/m0/s1. The van der Waals surface area contributed by atoms with Crippen LogP contribution in [0.15, 0.2) is 54.6 Å². The zero-order chi connectivity index (χ0) is 40.6. The van der Waals surface area contributed by atoms with Crippen LogP contribution >= 0.6 is 0 Å². The predicted octanol–water partition coefficient (Wildman–Crippen LogP) is 1.96. The number of hydrogen-bond acceptors (Lipinski definition) is 7. The monoisotopic (exact) mass is 769 g/mol. The highest BCUT2D eigenvalue weighted by molar-refractivity contribution is 5.77. The number of carbonyl (C=O) groups is 5. The SMILES string of the molecule is CC(C)[C@@H](CNC(=O)N[C@H](CNC(N)=O)Cc1ccc(O)cc1)NC(=O)NC[C@H](C)NC(=O)NC[C@H](CCCCN)NC(=O)NC[C@@H](C)Cc1ccccc1. The first-order chi connectivity index (χ1) is 26.2. The number of phenolic OH excluding ortho intramolecular Hbond substituents is 1. The molecule has 0 saturated heterocycles. The van der Waals surface area contributed by atoms with E-state index in [-0.39, 0.29) is 55.8 Å². The number of amides is 10. The summed E-state index contributed by atoms with van der Waals surface area (Å²) < 4.78 is 0. The number of unbranched alkanes of at least 4 members (excludes halogenated alkanes) is 1. The molecule has 2 aromatic rings. The Morgan fingerprint density at radius 2 is 1.15 bits per heavy atom. The minimum atomic E-state index is -0.727. The number of phenols is 1. The molecule has 0 aromatic heterocycles. The zero-order valence-corrected chi connectivity index (χ0v) is 32.6. The Balaban J connectivity index is 1.76. The van der Waals surface area contributed by atoms with Crippen LogP contribution in [0.1, 0.15) is 58.1 Å². The third-order valence-corrected chi connectivity index (χ3v) is 8.72. The predicted molar refractivity (Wildman–Crippen MR) is 213 cm³/mol. The molecule has 17 nitrogen and oxygen atoms in total. The Morgan fingerprint density at radius 3 is 1.78 bits per heavy atom. The molecule has 0 aliphatic heterocycles. The lowest BCUT2D eigenvalue weighted by molar-refractivity contribution is 0.223. The molecule has 17 heteroatoms. The van der Waals surface area contributed by atoms with Crippen molar-refractivity contribution in [1.29, 1.82) is 0 Å². The molecule has 306 valence electrons. The number of nitrogens with two attached hydrogens (primary N) is 2. The maximum Gasteiger partial charge on any atom is 0.315 e. The van der Waals surface area contributed by atoms with Gasteiger partial charge in [-0.05, 0) is 74.2 Å². The molecule has 5 atom stereocenters. The summed E-state index contributed by atoms with van der Waals surface area (Å²) in [4.78, 5) is 62.3. The lowest BCUT2D eigenvalue weighted by Gasteiger charge is -2.25. The van der Waals surface area contributed by atoms with Crippen LogP contribution in [0.2, 0.25) is 0 Å². The van der Waals surface area contributed by atoms with E-state index in [1.807, 2.05) is 32.0 Å². The Labute approximate surface area is 324 Å². The van der Waals surface area contributed by atoms with Crippen molar-refractivity contribution in [3.05, 3.63) is 65.7 Å². The van der Waals surface area contributed by atoms with Crippen molar-refractivity contribution >= 4 is 30.2 Å². The number of primary amides is 1. The van der Waals surface area contributed by atoms with Gasteiger partial charge in [-0.15, -0.1) is 0 Å². The van der Waals surface area contributed by atoms with Crippen molar-refractivity contribution in [3.8, 4) is 5.75 Å². The molecule has 14 N–H and O–H groups in total. The lowest BCUT2D eigenvalue weighted by atomic mass is 10.0. The van der Waals surface area contributed by atoms with Crippen LogP contribution in [-0.2, 0) is 12.8 Å². The van der Waals surface area contributed by atoms with Crippen molar-refractivity contribution in [2.24, 2.45) is 23.3 Å². The van der Waals surface area contributed by atoms with Gasteiger partial charge in [0.1, 0.15) is 5.75 Å². The van der Waals surface area contributed by atoms with Gasteiger partial charge in [0.2, 0.25) is 0 Å². The van der Waals surface area contributed by atoms with Crippen LogP contribution in [0.25, 0.3) is 0 Å². The topological polar surface area (TPSA) is 266 Å². The minimum Gasteiger partial charge on any atom is -0.508 e. The van der Waals surface area contributed by atoms with Crippen molar-refractivity contribution in [1.82, 2.24) is 47.9 Å². The molecule has 10 amide bonds. The zero-order valence-electron chi connectivity index (χ0n) is 32.6. The summed E-state index contributed by atoms with van der Waals surface area (Å²) in [7, 11) is 0. The van der Waals surface area contributed by atoms with E-state index in [9.17, 15) is 29.1 Å². The summed E-state index contributed by atoms with van der Waals surface area (Å²) in [6, 6.07) is 12.5. The molecular weight excluding hydrogens is 706 g/mol. The largest absolute Gasteiger partial charge is 0.508 e. The van der Waals surface area contributed by atoms with E-state index in [2.05, 4.69) is 66.9 Å². The molecule has 2 rings (SSSR count). The number of carbonyl (C=O) groups excluding carboxylic acids is 5. The highest BCUT2D eigenvalue weighted by Crippen LogP contribution is 2.12. The average Bonchev–Trinajstić information content (AvgIpc) is 3.14. The van der Waals surface area contributed by atoms with E-state index in [1.54, 1.807) is 19.1 Å². The number of nitrogens with one attached hydrogen (secondary N) is 9. The average molecular weight is 770 g/mol. The van der Waals surface area contributed by atoms with Crippen molar-refractivity contribution < 1.29 is 29.1 Å². The first-order valence-electron chi connectivity index (χ1n) is 19.0. The summed E-state index contributed by atoms with van der Waals surface area (Å²) in [5.74, 6) is 0.313. The number of urea groups is 5. The van der Waals surface area contributed by atoms with Gasteiger partial charge in [-0.3, -0.25) is 0 Å². The maximum atomic E-state index is 12.8. The Hall–Kier alpha value is -5.45. The highest BCUT2D eigenvalue weighted by atomic mass is 16.3. The highest BCUT2D eigenvalue weighted by Gasteiger charge is 2.20. The normalized spacial score (nSPS) is 13.6.